The van der Waals surface area contributed by atoms with Crippen LogP contribution in [-0.2, 0) is 24.0 Å². The number of nitrogens with one attached hydrogen (secondary N) is 2. The molecule has 3 fully saturated rings. The molecule has 11 heteroatoms. The van der Waals surface area contributed by atoms with E-state index in [1.54, 1.807) is 13.8 Å². The lowest BCUT2D eigenvalue weighted by molar-refractivity contribution is -0.143. The molecule has 0 spiro atoms. The third kappa shape index (κ3) is 6.37. The number of terminal acetylenes is 1. The van der Waals surface area contributed by atoms with Crippen LogP contribution in [0.4, 0.5) is 0 Å². The molecule has 242 valence electrons. The van der Waals surface area contributed by atoms with E-state index in [1.165, 1.54) is 5.57 Å². The lowest BCUT2D eigenvalue weighted by atomic mass is 9.46. The zero-order chi connectivity index (χ0) is 32.4. The van der Waals surface area contributed by atoms with E-state index in [-0.39, 0.29) is 23.2 Å². The number of allylic oxidation sites excluding steroid dienone is 2. The molecule has 11 nitrogen and oxygen atoms in total. The van der Waals surface area contributed by atoms with Gasteiger partial charge in [-0.1, -0.05) is 44.3 Å². The van der Waals surface area contributed by atoms with Gasteiger partial charge in [0.25, 0.3) is 5.91 Å². The van der Waals surface area contributed by atoms with Crippen LogP contribution in [0, 0.1) is 46.8 Å². The van der Waals surface area contributed by atoms with Gasteiger partial charge < -0.3 is 30.8 Å². The average molecular weight is 614 g/mol. The van der Waals surface area contributed by atoms with Crippen molar-refractivity contribution >= 4 is 29.5 Å². The first-order chi connectivity index (χ1) is 20.6. The van der Waals surface area contributed by atoms with Crippen molar-refractivity contribution in [3.63, 3.8) is 0 Å². The highest BCUT2D eigenvalue weighted by Gasteiger charge is 2.63. The Labute approximate surface area is 259 Å². The predicted octanol–water partition coefficient (Wildman–Crippen LogP) is 3.26. The molecule has 0 aromatic carbocycles. The lowest BCUT2D eigenvalue weighted by Crippen LogP contribution is -2.54. The topological polar surface area (TPSA) is 175 Å². The molecule has 5 N–H and O–H groups in total. The summed E-state index contributed by atoms with van der Waals surface area (Å²) in [6.45, 7) is 7.55. The summed E-state index contributed by atoms with van der Waals surface area (Å²) in [6, 6.07) is -2.42. The second kappa shape index (κ2) is 12.9. The molecule has 0 radical (unpaired) electrons. The minimum atomic E-state index is -1.39. The Kier molecular flexibility index (Phi) is 9.84. The number of carboxylic acid groups (broad SMARTS) is 2. The fourth-order valence-electron chi connectivity index (χ4n) is 8.61. The maximum atomic E-state index is 12.8. The molecule has 0 unspecified atom stereocenters. The van der Waals surface area contributed by atoms with E-state index in [0.717, 1.165) is 44.2 Å². The number of oxime groups is 1. The van der Waals surface area contributed by atoms with Gasteiger partial charge in [0.2, 0.25) is 5.91 Å². The van der Waals surface area contributed by atoms with Gasteiger partial charge in [0.05, 0.1) is 5.71 Å². The first-order valence-corrected chi connectivity index (χ1v) is 15.8. The maximum Gasteiger partial charge on any atom is 0.326 e. The summed E-state index contributed by atoms with van der Waals surface area (Å²) in [4.78, 5) is 53.1. The van der Waals surface area contributed by atoms with Crippen LogP contribution in [0.15, 0.2) is 16.8 Å². The summed E-state index contributed by atoms with van der Waals surface area (Å²) in [5.41, 5.74) is 0.931. The fourth-order valence-corrected chi connectivity index (χ4v) is 8.61. The highest BCUT2D eigenvalue weighted by atomic mass is 16.6. The second-order valence-electron chi connectivity index (χ2n) is 14.0. The van der Waals surface area contributed by atoms with Gasteiger partial charge in [-0.3, -0.25) is 14.4 Å². The number of fused-ring (bicyclic) bond motifs is 5. The second-order valence-corrected chi connectivity index (χ2v) is 14.0. The molecule has 8 atom stereocenters. The molecule has 0 bridgehead atoms. The van der Waals surface area contributed by atoms with E-state index in [9.17, 15) is 29.4 Å². The Morgan fingerprint density at radius 3 is 2.41 bits per heavy atom. The molecule has 0 aromatic heterocycles. The molecule has 0 aromatic rings. The van der Waals surface area contributed by atoms with Gasteiger partial charge in [0.15, 0.2) is 6.61 Å². The largest absolute Gasteiger partial charge is 0.481 e. The highest BCUT2D eigenvalue weighted by molar-refractivity contribution is 5.96. The minimum absolute atomic E-state index is 0.0492. The zero-order valence-corrected chi connectivity index (χ0v) is 26.2. The van der Waals surface area contributed by atoms with Gasteiger partial charge in [-0.2, -0.15) is 0 Å². The number of carboxylic acids is 2. The van der Waals surface area contributed by atoms with Crippen molar-refractivity contribution in [2.45, 2.75) is 110 Å². The van der Waals surface area contributed by atoms with Gasteiger partial charge in [-0.15, -0.1) is 6.42 Å². The van der Waals surface area contributed by atoms with E-state index in [4.69, 9.17) is 16.4 Å². The average Bonchev–Trinajstić information content (AvgIpc) is 3.24. The van der Waals surface area contributed by atoms with E-state index < -0.39 is 54.5 Å². The van der Waals surface area contributed by atoms with Crippen molar-refractivity contribution in [1.29, 1.82) is 0 Å². The van der Waals surface area contributed by atoms with E-state index in [0.29, 0.717) is 30.6 Å². The summed E-state index contributed by atoms with van der Waals surface area (Å²) in [5, 5.41) is 38.6. The highest BCUT2D eigenvalue weighted by Crippen LogP contribution is 2.67. The summed E-state index contributed by atoms with van der Waals surface area (Å²) in [6.07, 6.45) is 14.5. The van der Waals surface area contributed by atoms with Crippen molar-refractivity contribution in [2.24, 2.45) is 39.7 Å². The predicted molar refractivity (Wildman–Crippen MR) is 162 cm³/mol. The Hall–Kier alpha value is -3.39. The van der Waals surface area contributed by atoms with Gasteiger partial charge in [0.1, 0.15) is 17.7 Å². The van der Waals surface area contributed by atoms with Crippen LogP contribution in [0.5, 0.6) is 0 Å². The molecular formula is C33H47N3O8. The number of amides is 2. The minimum Gasteiger partial charge on any atom is -0.481 e. The quantitative estimate of drug-likeness (QED) is 0.174. The number of carbonyl (C=O) groups is 4. The summed E-state index contributed by atoms with van der Waals surface area (Å²) in [5.74, 6) is 0.0444. The van der Waals surface area contributed by atoms with Crippen LogP contribution in [0.25, 0.3) is 0 Å². The molecule has 3 saturated carbocycles. The molecule has 4 aliphatic carbocycles. The van der Waals surface area contributed by atoms with E-state index in [2.05, 4.69) is 41.6 Å². The Bertz CT molecular complexity index is 1270. The van der Waals surface area contributed by atoms with Crippen LogP contribution in [0.3, 0.4) is 0 Å². The first kappa shape index (κ1) is 33.5. The standard InChI is InChI=1S/C33H47N3O8/c1-6-33(43)16-13-24-22-8-7-20-17-21(11-14-31(20,4)23(22)12-15-32(24,33)5)36-44-18-26(37)35-28(19(2)3)29(40)34-25(30(41)42)9-10-27(38)39/h1,17,19,22-25,28,43H,7-16,18H2,2-5H3,(H,34,40)(H,35,37)(H,38,39)(H,41,42)/b36-21-/t22-,23+,24+,25+,28-,31+,32+,33-/m1/s1. The van der Waals surface area contributed by atoms with Crippen LogP contribution in [-0.4, -0.2) is 69.1 Å². The van der Waals surface area contributed by atoms with Crippen molar-refractivity contribution in [3.05, 3.63) is 11.6 Å². The van der Waals surface area contributed by atoms with Crippen molar-refractivity contribution in [1.82, 2.24) is 10.6 Å². The summed E-state index contributed by atoms with van der Waals surface area (Å²) < 4.78 is 0. The molecule has 0 aliphatic heterocycles. The Balaban J connectivity index is 1.34. The number of aliphatic carboxylic acids is 2. The van der Waals surface area contributed by atoms with Crippen molar-refractivity contribution in [2.75, 3.05) is 6.61 Å². The Morgan fingerprint density at radius 1 is 1.07 bits per heavy atom. The molecule has 4 rings (SSSR count). The van der Waals surface area contributed by atoms with Crippen LogP contribution < -0.4 is 10.6 Å². The number of hydrogen-bond donors (Lipinski definition) is 5. The lowest BCUT2D eigenvalue weighted by Gasteiger charge is -2.58. The van der Waals surface area contributed by atoms with E-state index in [1.807, 2.05) is 0 Å². The first-order valence-electron chi connectivity index (χ1n) is 15.8. The zero-order valence-electron chi connectivity index (χ0n) is 26.2. The number of hydrogen-bond acceptors (Lipinski definition) is 7. The van der Waals surface area contributed by atoms with Crippen LogP contribution in [0.1, 0.15) is 91.9 Å². The monoisotopic (exact) mass is 613 g/mol. The SMILES string of the molecule is C#C[C@@]1(O)CC[C@H]2[C@@H]3CCC4=C/C(=N\OCC(=O)N[C@@H](C(=O)N[C@@H](CCC(=O)O)C(=O)O)C(C)C)CC[C@]4(C)[C@H]3CC[C@@]21C. The number of nitrogens with zero attached hydrogens (tertiary/aromatic N) is 1. The summed E-state index contributed by atoms with van der Waals surface area (Å²) >= 11 is 0. The maximum absolute atomic E-state index is 12.8. The molecule has 0 saturated heterocycles. The number of carbonyl (C=O) groups excluding carboxylic acids is 2. The normalized spacial score (nSPS) is 34.8. The molecule has 2 amide bonds. The van der Waals surface area contributed by atoms with E-state index >= 15 is 0 Å². The smallest absolute Gasteiger partial charge is 0.326 e. The number of aliphatic hydroxyl groups is 1. The fraction of sp³-hybridized carbons (Fsp3) is 0.727. The molecule has 0 heterocycles. The molecule has 44 heavy (non-hydrogen) atoms. The molecular weight excluding hydrogens is 566 g/mol. The molecule has 4 aliphatic rings. The van der Waals surface area contributed by atoms with Gasteiger partial charge >= 0.3 is 11.9 Å². The third-order valence-electron chi connectivity index (χ3n) is 11.3. The van der Waals surface area contributed by atoms with Crippen molar-refractivity contribution < 1.29 is 39.3 Å². The van der Waals surface area contributed by atoms with Crippen LogP contribution in [0.2, 0.25) is 0 Å². The van der Waals surface area contributed by atoms with Gasteiger partial charge in [0, 0.05) is 11.8 Å². The van der Waals surface area contributed by atoms with Crippen LogP contribution >= 0.6 is 0 Å². The Morgan fingerprint density at radius 2 is 1.77 bits per heavy atom. The number of rotatable bonds is 11. The third-order valence-corrected chi connectivity index (χ3v) is 11.3. The van der Waals surface area contributed by atoms with Gasteiger partial charge in [-0.25, -0.2) is 4.79 Å². The van der Waals surface area contributed by atoms with Crippen molar-refractivity contribution in [3.8, 4) is 12.3 Å². The summed E-state index contributed by atoms with van der Waals surface area (Å²) in [7, 11) is 0. The van der Waals surface area contributed by atoms with Gasteiger partial charge in [-0.05, 0) is 93.0 Å².